The van der Waals surface area contributed by atoms with Crippen LogP contribution in [0.3, 0.4) is 0 Å². The topological polar surface area (TPSA) is 82.6 Å². The Labute approximate surface area is 187 Å². The first kappa shape index (κ1) is 21.8. The number of ether oxygens (including phenoxy) is 1. The molecule has 2 aromatic rings. The van der Waals surface area contributed by atoms with Crippen LogP contribution in [0.5, 0.6) is 0 Å². The zero-order valence-corrected chi connectivity index (χ0v) is 18.6. The fraction of sp³-hybridized carbons (Fsp3) is 0.500. The molecule has 0 aliphatic carbocycles. The molecular weight excluding hydrogens is 416 g/mol. The van der Waals surface area contributed by atoms with Crippen LogP contribution < -0.4 is 15.5 Å². The van der Waals surface area contributed by atoms with E-state index in [0.717, 1.165) is 56.7 Å². The molecule has 4 rings (SSSR count). The quantitative estimate of drug-likeness (QED) is 0.753. The summed E-state index contributed by atoms with van der Waals surface area (Å²) in [6.07, 6.45) is 6.48. The molecule has 0 unspecified atom stereocenters. The number of benzene rings is 1. The van der Waals surface area contributed by atoms with E-state index in [9.17, 15) is 4.79 Å². The van der Waals surface area contributed by atoms with Crippen LogP contribution in [0.15, 0.2) is 30.6 Å². The number of aromatic nitrogens is 2. The van der Waals surface area contributed by atoms with Crippen molar-refractivity contribution in [3.8, 4) is 11.3 Å². The SMILES string of the molecule is CN1CCCC[C@H](NC(=O)Nc2cncc(-c3ccc(N4CCOCC4)c(Cl)c3)n2)C1. The fourth-order valence-electron chi connectivity index (χ4n) is 4.08. The van der Waals surface area contributed by atoms with Crippen LogP contribution in [0.4, 0.5) is 16.3 Å². The average Bonchev–Trinajstić information content (AvgIpc) is 2.98. The number of rotatable bonds is 4. The molecule has 1 aromatic heterocycles. The summed E-state index contributed by atoms with van der Waals surface area (Å²) in [5.74, 6) is 0.408. The molecule has 3 heterocycles. The Morgan fingerprint density at radius 1 is 1.19 bits per heavy atom. The number of carbonyl (C=O) groups is 1. The van der Waals surface area contributed by atoms with Crippen molar-refractivity contribution in [2.75, 3.05) is 56.7 Å². The van der Waals surface area contributed by atoms with Gasteiger partial charge in [0, 0.05) is 31.2 Å². The molecule has 2 aliphatic rings. The standard InChI is InChI=1S/C22H29ClN6O2/c1-28-7-3-2-4-17(15-28)25-22(30)27-21-14-24-13-19(26-21)16-5-6-20(18(23)12-16)29-8-10-31-11-9-29/h5-6,12-14,17H,2-4,7-11,15H2,1H3,(H2,25,26,27,30)/t17-/m0/s1. The second-order valence-electron chi connectivity index (χ2n) is 8.11. The van der Waals surface area contributed by atoms with Gasteiger partial charge in [-0.05, 0) is 38.6 Å². The summed E-state index contributed by atoms with van der Waals surface area (Å²) in [6, 6.07) is 5.75. The number of carbonyl (C=O) groups excluding carboxylic acids is 1. The van der Waals surface area contributed by atoms with Gasteiger partial charge in [-0.3, -0.25) is 10.3 Å². The van der Waals surface area contributed by atoms with Gasteiger partial charge in [0.05, 0.1) is 42.0 Å². The third kappa shape index (κ3) is 5.84. The van der Waals surface area contributed by atoms with Gasteiger partial charge >= 0.3 is 6.03 Å². The maximum Gasteiger partial charge on any atom is 0.320 e. The molecule has 2 N–H and O–H groups in total. The van der Waals surface area contributed by atoms with Gasteiger partial charge in [-0.2, -0.15) is 0 Å². The van der Waals surface area contributed by atoms with Crippen molar-refractivity contribution in [2.45, 2.75) is 25.3 Å². The van der Waals surface area contributed by atoms with Crippen molar-refractivity contribution in [2.24, 2.45) is 0 Å². The zero-order valence-electron chi connectivity index (χ0n) is 17.8. The molecular formula is C22H29ClN6O2. The number of halogens is 1. The summed E-state index contributed by atoms with van der Waals surface area (Å²) < 4.78 is 5.41. The largest absolute Gasteiger partial charge is 0.378 e. The first-order valence-electron chi connectivity index (χ1n) is 10.8. The molecule has 166 valence electrons. The number of urea groups is 1. The predicted octanol–water partition coefficient (Wildman–Crippen LogP) is 3.24. The molecule has 31 heavy (non-hydrogen) atoms. The summed E-state index contributed by atoms with van der Waals surface area (Å²) in [5.41, 5.74) is 2.50. The van der Waals surface area contributed by atoms with Gasteiger partial charge in [0.25, 0.3) is 0 Å². The lowest BCUT2D eigenvalue weighted by molar-refractivity contribution is 0.122. The lowest BCUT2D eigenvalue weighted by Crippen LogP contribution is -2.43. The maximum absolute atomic E-state index is 12.5. The van der Waals surface area contributed by atoms with Crippen LogP contribution >= 0.6 is 11.6 Å². The molecule has 2 amide bonds. The van der Waals surface area contributed by atoms with Crippen molar-refractivity contribution >= 4 is 29.1 Å². The molecule has 2 fully saturated rings. The lowest BCUT2D eigenvalue weighted by atomic mass is 10.1. The monoisotopic (exact) mass is 444 g/mol. The highest BCUT2D eigenvalue weighted by Gasteiger charge is 2.18. The highest BCUT2D eigenvalue weighted by molar-refractivity contribution is 6.33. The Bertz CT molecular complexity index is 905. The Balaban J connectivity index is 1.42. The highest BCUT2D eigenvalue weighted by Crippen LogP contribution is 2.31. The van der Waals surface area contributed by atoms with Gasteiger partial charge in [-0.1, -0.05) is 24.1 Å². The minimum Gasteiger partial charge on any atom is -0.378 e. The number of nitrogens with zero attached hydrogens (tertiary/aromatic N) is 4. The van der Waals surface area contributed by atoms with E-state index in [1.807, 2.05) is 18.2 Å². The van der Waals surface area contributed by atoms with Crippen molar-refractivity contribution in [1.82, 2.24) is 20.2 Å². The van der Waals surface area contributed by atoms with Crippen molar-refractivity contribution in [3.05, 3.63) is 35.6 Å². The lowest BCUT2D eigenvalue weighted by Gasteiger charge is -2.29. The van der Waals surface area contributed by atoms with Crippen LogP contribution in [-0.4, -0.2) is 73.4 Å². The second kappa shape index (κ2) is 10.3. The third-order valence-electron chi connectivity index (χ3n) is 5.68. The number of likely N-dealkylation sites (N-methyl/N-ethyl adjacent to an activating group) is 1. The molecule has 0 saturated carbocycles. The van der Waals surface area contributed by atoms with Gasteiger partial charge in [0.1, 0.15) is 0 Å². The van der Waals surface area contributed by atoms with E-state index in [4.69, 9.17) is 16.3 Å². The van der Waals surface area contributed by atoms with E-state index in [0.29, 0.717) is 29.7 Å². The van der Waals surface area contributed by atoms with Gasteiger partial charge in [0.15, 0.2) is 5.82 Å². The summed E-state index contributed by atoms with van der Waals surface area (Å²) in [7, 11) is 2.09. The molecule has 8 nitrogen and oxygen atoms in total. The Kier molecular flexibility index (Phi) is 7.21. The highest BCUT2D eigenvalue weighted by atomic mass is 35.5. The smallest absolute Gasteiger partial charge is 0.320 e. The van der Waals surface area contributed by atoms with Crippen LogP contribution in [0.25, 0.3) is 11.3 Å². The van der Waals surface area contributed by atoms with Gasteiger partial charge in [0.2, 0.25) is 0 Å². The van der Waals surface area contributed by atoms with Crippen LogP contribution in [0.2, 0.25) is 5.02 Å². The van der Waals surface area contributed by atoms with E-state index in [1.54, 1.807) is 12.4 Å². The summed E-state index contributed by atoms with van der Waals surface area (Å²) >= 11 is 6.56. The minimum atomic E-state index is -0.257. The molecule has 2 saturated heterocycles. The van der Waals surface area contributed by atoms with E-state index >= 15 is 0 Å². The van der Waals surface area contributed by atoms with Crippen LogP contribution in [0, 0.1) is 0 Å². The fourth-order valence-corrected chi connectivity index (χ4v) is 4.38. The number of hydrogen-bond donors (Lipinski definition) is 2. The third-order valence-corrected chi connectivity index (χ3v) is 5.98. The van der Waals surface area contributed by atoms with E-state index in [-0.39, 0.29) is 12.1 Å². The van der Waals surface area contributed by atoms with Crippen LogP contribution in [-0.2, 0) is 4.74 Å². The number of hydrogen-bond acceptors (Lipinski definition) is 6. The van der Waals surface area contributed by atoms with E-state index in [2.05, 4.69) is 37.4 Å². The first-order chi connectivity index (χ1) is 15.1. The summed E-state index contributed by atoms with van der Waals surface area (Å²) in [4.78, 5) is 25.7. The number of nitrogens with one attached hydrogen (secondary N) is 2. The molecule has 0 bridgehead atoms. The summed E-state index contributed by atoms with van der Waals surface area (Å²) in [6.45, 7) is 4.98. The second-order valence-corrected chi connectivity index (χ2v) is 8.52. The molecule has 0 radical (unpaired) electrons. The van der Waals surface area contributed by atoms with Gasteiger partial charge in [-0.25, -0.2) is 9.78 Å². The predicted molar refractivity (Wildman–Crippen MR) is 123 cm³/mol. The Morgan fingerprint density at radius 3 is 2.84 bits per heavy atom. The van der Waals surface area contributed by atoms with Crippen molar-refractivity contribution in [3.63, 3.8) is 0 Å². The van der Waals surface area contributed by atoms with Gasteiger partial charge < -0.3 is 19.9 Å². The average molecular weight is 445 g/mol. The van der Waals surface area contributed by atoms with Crippen LogP contribution in [0.1, 0.15) is 19.3 Å². The van der Waals surface area contributed by atoms with Gasteiger partial charge in [-0.15, -0.1) is 0 Å². The minimum absolute atomic E-state index is 0.134. The molecule has 1 atom stereocenters. The van der Waals surface area contributed by atoms with Crippen molar-refractivity contribution in [1.29, 1.82) is 0 Å². The number of likely N-dealkylation sites (tertiary alicyclic amines) is 1. The number of morpholine rings is 1. The van der Waals surface area contributed by atoms with E-state index in [1.165, 1.54) is 0 Å². The Morgan fingerprint density at radius 2 is 2.03 bits per heavy atom. The van der Waals surface area contributed by atoms with E-state index < -0.39 is 0 Å². The maximum atomic E-state index is 12.5. The molecule has 2 aliphatic heterocycles. The molecule has 1 aromatic carbocycles. The molecule has 0 spiro atoms. The number of anilines is 2. The zero-order chi connectivity index (χ0) is 21.6. The number of amides is 2. The first-order valence-corrected chi connectivity index (χ1v) is 11.2. The normalized spacial score (nSPS) is 20.2. The molecule has 9 heteroatoms. The summed E-state index contributed by atoms with van der Waals surface area (Å²) in [5, 5.41) is 6.53. The Hall–Kier alpha value is -2.42. The van der Waals surface area contributed by atoms with Crippen molar-refractivity contribution < 1.29 is 9.53 Å².